The van der Waals surface area contributed by atoms with E-state index in [-0.39, 0.29) is 11.7 Å². The Labute approximate surface area is 163 Å². The van der Waals surface area contributed by atoms with Crippen LogP contribution in [0.15, 0.2) is 60.8 Å². The minimum atomic E-state index is 0.0490. The maximum absolute atomic E-state index is 12.9. The van der Waals surface area contributed by atoms with Crippen molar-refractivity contribution in [2.24, 2.45) is 0 Å². The summed E-state index contributed by atoms with van der Waals surface area (Å²) >= 11 is 0. The third-order valence-electron chi connectivity index (χ3n) is 5.13. The summed E-state index contributed by atoms with van der Waals surface area (Å²) in [7, 11) is 0. The van der Waals surface area contributed by atoms with Gasteiger partial charge in [-0.05, 0) is 49.4 Å². The maximum atomic E-state index is 12.9. The van der Waals surface area contributed by atoms with Gasteiger partial charge in [-0.3, -0.25) is 14.7 Å². The summed E-state index contributed by atoms with van der Waals surface area (Å²) in [5, 5.41) is 6.90. The lowest BCUT2D eigenvalue weighted by Gasteiger charge is -2.36. The number of carbonyl (C=O) groups is 2. The molecule has 2 aromatic carbocycles. The molecule has 0 saturated carbocycles. The molecule has 2 heterocycles. The lowest BCUT2D eigenvalue weighted by Crippen LogP contribution is -2.48. The van der Waals surface area contributed by atoms with Crippen LogP contribution in [0.25, 0.3) is 11.3 Å². The number of rotatable bonds is 4. The first-order valence-electron chi connectivity index (χ1n) is 9.37. The predicted octanol–water partition coefficient (Wildman–Crippen LogP) is 3.24. The lowest BCUT2D eigenvalue weighted by atomic mass is 10.1. The van der Waals surface area contributed by atoms with Crippen LogP contribution in [0, 0.1) is 0 Å². The Morgan fingerprint density at radius 3 is 2.32 bits per heavy atom. The Balaban J connectivity index is 1.41. The number of nitrogens with one attached hydrogen (secondary N) is 1. The van der Waals surface area contributed by atoms with Gasteiger partial charge in [0, 0.05) is 54.8 Å². The molecule has 6 nitrogen and oxygen atoms in total. The molecule has 1 aliphatic rings. The average Bonchev–Trinajstić information content (AvgIpc) is 3.28. The number of carbonyl (C=O) groups excluding carboxylic acids is 2. The first-order valence-corrected chi connectivity index (χ1v) is 9.37. The van der Waals surface area contributed by atoms with Crippen LogP contribution in [0.1, 0.15) is 27.6 Å². The number of benzene rings is 2. The van der Waals surface area contributed by atoms with Crippen molar-refractivity contribution in [2.75, 3.05) is 31.1 Å². The van der Waals surface area contributed by atoms with Gasteiger partial charge in [0.1, 0.15) is 0 Å². The fraction of sp³-hybridized carbons (Fsp3) is 0.227. The Morgan fingerprint density at radius 2 is 1.68 bits per heavy atom. The number of aromatic nitrogens is 2. The Bertz CT molecular complexity index is 972. The average molecular weight is 374 g/mol. The van der Waals surface area contributed by atoms with Crippen LogP contribution in [0.4, 0.5) is 5.69 Å². The van der Waals surface area contributed by atoms with Crippen molar-refractivity contribution >= 4 is 17.4 Å². The van der Waals surface area contributed by atoms with Crippen LogP contribution in [0.5, 0.6) is 0 Å². The van der Waals surface area contributed by atoms with Crippen LogP contribution in [0.2, 0.25) is 0 Å². The second kappa shape index (κ2) is 7.68. The number of anilines is 1. The van der Waals surface area contributed by atoms with Crippen molar-refractivity contribution in [2.45, 2.75) is 6.92 Å². The molecule has 142 valence electrons. The van der Waals surface area contributed by atoms with Crippen molar-refractivity contribution in [3.63, 3.8) is 0 Å². The molecule has 3 aromatic rings. The number of piperazine rings is 1. The second-order valence-corrected chi connectivity index (χ2v) is 6.93. The van der Waals surface area contributed by atoms with E-state index in [0.29, 0.717) is 18.7 Å². The van der Waals surface area contributed by atoms with Crippen molar-refractivity contribution in [1.29, 1.82) is 0 Å². The molecule has 1 N–H and O–H groups in total. The number of hydrogen-bond donors (Lipinski definition) is 1. The van der Waals surface area contributed by atoms with Gasteiger partial charge in [-0.1, -0.05) is 12.1 Å². The van der Waals surface area contributed by atoms with Gasteiger partial charge >= 0.3 is 0 Å². The molecule has 1 fully saturated rings. The third kappa shape index (κ3) is 3.67. The highest BCUT2D eigenvalue weighted by atomic mass is 16.2. The van der Waals surface area contributed by atoms with Crippen LogP contribution in [0.3, 0.4) is 0 Å². The largest absolute Gasteiger partial charge is 0.368 e. The van der Waals surface area contributed by atoms with Gasteiger partial charge < -0.3 is 9.80 Å². The molecule has 1 saturated heterocycles. The van der Waals surface area contributed by atoms with E-state index in [9.17, 15) is 9.59 Å². The third-order valence-corrected chi connectivity index (χ3v) is 5.13. The quantitative estimate of drug-likeness (QED) is 0.712. The van der Waals surface area contributed by atoms with Gasteiger partial charge in [0.2, 0.25) is 0 Å². The number of ketones is 1. The number of H-pyrrole nitrogens is 1. The molecule has 4 rings (SSSR count). The predicted molar refractivity (Wildman–Crippen MR) is 109 cm³/mol. The van der Waals surface area contributed by atoms with Crippen LogP contribution < -0.4 is 4.90 Å². The van der Waals surface area contributed by atoms with E-state index in [1.807, 2.05) is 59.5 Å². The minimum absolute atomic E-state index is 0.0490. The first kappa shape index (κ1) is 18.0. The monoisotopic (exact) mass is 374 g/mol. The zero-order chi connectivity index (χ0) is 19.5. The Hall–Kier alpha value is -3.41. The molecule has 28 heavy (non-hydrogen) atoms. The highest BCUT2D eigenvalue weighted by Gasteiger charge is 2.22. The van der Waals surface area contributed by atoms with E-state index >= 15 is 0 Å². The van der Waals surface area contributed by atoms with Crippen molar-refractivity contribution < 1.29 is 9.59 Å². The molecule has 6 heteroatoms. The first-order chi connectivity index (χ1) is 13.6. The summed E-state index contributed by atoms with van der Waals surface area (Å²) in [6.07, 6.45) is 1.70. The zero-order valence-electron chi connectivity index (χ0n) is 15.8. The SMILES string of the molecule is CC(=O)c1ccc(N2CCN(C(=O)c3cccc(-c4ccn[nH]4)c3)CC2)cc1. The van der Waals surface area contributed by atoms with E-state index in [1.165, 1.54) is 0 Å². The normalized spacial score (nSPS) is 14.2. The Kier molecular flexibility index (Phi) is 4.93. The molecule has 1 aromatic heterocycles. The maximum Gasteiger partial charge on any atom is 0.253 e. The van der Waals surface area contributed by atoms with Gasteiger partial charge in [-0.15, -0.1) is 0 Å². The fourth-order valence-electron chi connectivity index (χ4n) is 3.49. The van der Waals surface area contributed by atoms with Gasteiger partial charge in [-0.25, -0.2) is 0 Å². The van der Waals surface area contributed by atoms with Crippen LogP contribution >= 0.6 is 0 Å². The van der Waals surface area contributed by atoms with Gasteiger partial charge in [-0.2, -0.15) is 5.10 Å². The zero-order valence-corrected chi connectivity index (χ0v) is 15.8. The van der Waals surface area contributed by atoms with E-state index in [4.69, 9.17) is 0 Å². The summed E-state index contributed by atoms with van der Waals surface area (Å²) < 4.78 is 0. The van der Waals surface area contributed by atoms with E-state index < -0.39 is 0 Å². The molecule has 0 unspecified atom stereocenters. The molecular formula is C22H22N4O2. The Morgan fingerprint density at radius 1 is 0.929 bits per heavy atom. The summed E-state index contributed by atoms with van der Waals surface area (Å²) in [6, 6.07) is 17.2. The summed E-state index contributed by atoms with van der Waals surface area (Å²) in [5.41, 5.74) is 4.33. The van der Waals surface area contributed by atoms with Crippen molar-refractivity contribution in [3.8, 4) is 11.3 Å². The molecule has 1 aliphatic heterocycles. The van der Waals surface area contributed by atoms with Crippen molar-refractivity contribution in [3.05, 3.63) is 71.9 Å². The number of aromatic amines is 1. The second-order valence-electron chi connectivity index (χ2n) is 6.93. The fourth-order valence-corrected chi connectivity index (χ4v) is 3.49. The standard InChI is InChI=1S/C22H22N4O2/c1-16(27)17-5-7-20(8-6-17)25-11-13-26(14-12-25)22(28)19-4-2-3-18(15-19)21-9-10-23-24-21/h2-10,15H,11-14H2,1H3,(H,23,24). The van der Waals surface area contributed by atoms with Gasteiger partial charge in [0.25, 0.3) is 5.91 Å². The molecule has 0 radical (unpaired) electrons. The molecule has 0 aliphatic carbocycles. The van der Waals surface area contributed by atoms with E-state index in [0.717, 1.165) is 35.6 Å². The molecule has 0 spiro atoms. The molecule has 1 amide bonds. The van der Waals surface area contributed by atoms with Crippen molar-refractivity contribution in [1.82, 2.24) is 15.1 Å². The summed E-state index contributed by atoms with van der Waals surface area (Å²) in [5.74, 6) is 0.118. The van der Waals surface area contributed by atoms with Gasteiger partial charge in [0.15, 0.2) is 5.78 Å². The minimum Gasteiger partial charge on any atom is -0.368 e. The number of Topliss-reactive ketones (excluding diaryl/α,β-unsaturated/α-hetero) is 1. The van der Waals surface area contributed by atoms with Crippen LogP contribution in [-0.2, 0) is 0 Å². The van der Waals surface area contributed by atoms with E-state index in [2.05, 4.69) is 15.1 Å². The molecule has 0 atom stereocenters. The summed E-state index contributed by atoms with van der Waals surface area (Å²) in [6.45, 7) is 4.45. The molecule has 0 bridgehead atoms. The van der Waals surface area contributed by atoms with Crippen LogP contribution in [-0.4, -0.2) is 53.0 Å². The highest BCUT2D eigenvalue weighted by Crippen LogP contribution is 2.21. The smallest absolute Gasteiger partial charge is 0.253 e. The number of amides is 1. The summed E-state index contributed by atoms with van der Waals surface area (Å²) in [4.78, 5) is 28.5. The van der Waals surface area contributed by atoms with E-state index in [1.54, 1.807) is 13.1 Å². The highest BCUT2D eigenvalue weighted by molar-refractivity contribution is 5.96. The number of hydrogen-bond acceptors (Lipinski definition) is 4. The topological polar surface area (TPSA) is 69.3 Å². The van der Waals surface area contributed by atoms with Gasteiger partial charge in [0.05, 0.1) is 5.69 Å². The lowest BCUT2D eigenvalue weighted by molar-refractivity contribution is 0.0746. The molecular weight excluding hydrogens is 352 g/mol. The number of nitrogens with zero attached hydrogens (tertiary/aromatic N) is 3.